The molecule has 0 fully saturated rings. The van der Waals surface area contributed by atoms with Crippen molar-refractivity contribution in [2.45, 2.75) is 17.7 Å². The van der Waals surface area contributed by atoms with Crippen LogP contribution in [0.25, 0.3) is 10.8 Å². The van der Waals surface area contributed by atoms with Crippen LogP contribution < -0.4 is 5.32 Å². The van der Waals surface area contributed by atoms with Gasteiger partial charge in [0.05, 0.1) is 5.69 Å². The summed E-state index contributed by atoms with van der Waals surface area (Å²) in [6.07, 6.45) is 2.59. The molecule has 0 atom stereocenters. The fourth-order valence-corrected chi connectivity index (χ4v) is 4.20. The van der Waals surface area contributed by atoms with E-state index in [-0.39, 0.29) is 30.7 Å². The molecule has 1 aliphatic heterocycles. The van der Waals surface area contributed by atoms with Gasteiger partial charge in [-0.1, -0.05) is 36.4 Å². The molecule has 1 aliphatic rings. The Labute approximate surface area is 173 Å². The number of nitrogens with one attached hydrogen (secondary N) is 1. The highest BCUT2D eigenvalue weighted by Crippen LogP contribution is 2.30. The topological polar surface area (TPSA) is 66.5 Å². The number of hydrogen-bond donors (Lipinski definition) is 1. The number of imide groups is 1. The number of rotatable bonds is 6. The van der Waals surface area contributed by atoms with Crippen LogP contribution in [0.3, 0.4) is 0 Å². The number of carbonyl (C=O) groups is 3. The van der Waals surface area contributed by atoms with Gasteiger partial charge in [-0.3, -0.25) is 19.3 Å². The van der Waals surface area contributed by atoms with Crippen molar-refractivity contribution < 1.29 is 14.4 Å². The van der Waals surface area contributed by atoms with E-state index < -0.39 is 0 Å². The second-order valence-electron chi connectivity index (χ2n) is 6.82. The minimum absolute atomic E-state index is 0.133. The quantitative estimate of drug-likeness (QED) is 0.483. The molecule has 1 N–H and O–H groups in total. The van der Waals surface area contributed by atoms with Crippen molar-refractivity contribution in [2.24, 2.45) is 0 Å². The van der Waals surface area contributed by atoms with Crippen molar-refractivity contribution in [1.29, 1.82) is 0 Å². The molecule has 0 saturated heterocycles. The first-order valence-corrected chi connectivity index (χ1v) is 10.6. The third-order valence-corrected chi connectivity index (χ3v) is 5.82. The summed E-state index contributed by atoms with van der Waals surface area (Å²) in [7, 11) is 0. The fourth-order valence-electron chi connectivity index (χ4n) is 3.64. The van der Waals surface area contributed by atoms with E-state index in [0.717, 1.165) is 16.0 Å². The van der Waals surface area contributed by atoms with Gasteiger partial charge in [-0.25, -0.2) is 0 Å². The van der Waals surface area contributed by atoms with Crippen molar-refractivity contribution in [3.05, 3.63) is 71.8 Å². The Bertz CT molecular complexity index is 1080. The molecule has 0 radical (unpaired) electrons. The Morgan fingerprint density at radius 1 is 0.931 bits per heavy atom. The number of benzene rings is 3. The molecule has 3 amide bonds. The van der Waals surface area contributed by atoms with Gasteiger partial charge < -0.3 is 5.32 Å². The molecule has 3 aromatic carbocycles. The average Bonchev–Trinajstić information content (AvgIpc) is 2.74. The number of para-hydroxylation sites is 1. The molecule has 0 spiro atoms. The summed E-state index contributed by atoms with van der Waals surface area (Å²) in [5.74, 6) is -0.731. The molecule has 0 saturated carbocycles. The van der Waals surface area contributed by atoms with Gasteiger partial charge in [0, 0.05) is 34.4 Å². The monoisotopic (exact) mass is 404 g/mol. The van der Waals surface area contributed by atoms with E-state index in [0.29, 0.717) is 22.9 Å². The van der Waals surface area contributed by atoms with Crippen molar-refractivity contribution in [3.63, 3.8) is 0 Å². The molecule has 29 heavy (non-hydrogen) atoms. The molecular weight excluding hydrogens is 384 g/mol. The largest absolute Gasteiger partial charge is 0.325 e. The maximum Gasteiger partial charge on any atom is 0.261 e. The molecule has 4 rings (SSSR count). The molecule has 0 aliphatic carbocycles. The van der Waals surface area contributed by atoms with Crippen LogP contribution in [0.2, 0.25) is 0 Å². The van der Waals surface area contributed by atoms with Gasteiger partial charge in [-0.05, 0) is 42.3 Å². The number of amides is 3. The molecular formula is C23H20N2O3S. The lowest BCUT2D eigenvalue weighted by Gasteiger charge is -2.27. The molecule has 0 aromatic heterocycles. The van der Waals surface area contributed by atoms with E-state index in [1.54, 1.807) is 23.9 Å². The second-order valence-corrected chi connectivity index (χ2v) is 7.67. The van der Waals surface area contributed by atoms with E-state index in [2.05, 4.69) is 5.32 Å². The average molecular weight is 404 g/mol. The Hall–Kier alpha value is -3.12. The Morgan fingerprint density at radius 2 is 1.59 bits per heavy atom. The van der Waals surface area contributed by atoms with Gasteiger partial charge in [0.2, 0.25) is 5.91 Å². The maximum atomic E-state index is 12.9. The molecule has 3 aromatic rings. The summed E-state index contributed by atoms with van der Waals surface area (Å²) in [6, 6.07) is 18.5. The number of nitrogens with zero attached hydrogens (tertiary/aromatic N) is 1. The zero-order valence-electron chi connectivity index (χ0n) is 16.0. The van der Waals surface area contributed by atoms with Crippen LogP contribution in [0.5, 0.6) is 0 Å². The highest BCUT2D eigenvalue weighted by atomic mass is 32.2. The summed E-state index contributed by atoms with van der Waals surface area (Å²) < 4.78 is 0. The lowest BCUT2D eigenvalue weighted by Crippen LogP contribution is -2.41. The van der Waals surface area contributed by atoms with E-state index in [1.807, 2.05) is 54.8 Å². The molecule has 146 valence electrons. The van der Waals surface area contributed by atoms with Crippen LogP contribution in [-0.4, -0.2) is 35.4 Å². The summed E-state index contributed by atoms with van der Waals surface area (Å²) in [5.41, 5.74) is 1.85. The summed E-state index contributed by atoms with van der Waals surface area (Å²) in [5, 5.41) is 4.50. The van der Waals surface area contributed by atoms with Gasteiger partial charge in [-0.15, -0.1) is 11.8 Å². The third-order valence-electron chi connectivity index (χ3n) is 5.02. The molecule has 5 nitrogen and oxygen atoms in total. The van der Waals surface area contributed by atoms with Gasteiger partial charge in [-0.2, -0.15) is 0 Å². The summed E-state index contributed by atoms with van der Waals surface area (Å²) in [6.45, 7) is 0.208. The molecule has 1 heterocycles. The van der Waals surface area contributed by atoms with E-state index in [1.165, 1.54) is 4.90 Å². The van der Waals surface area contributed by atoms with Crippen molar-refractivity contribution in [1.82, 2.24) is 4.90 Å². The predicted molar refractivity (Wildman–Crippen MR) is 115 cm³/mol. The first-order chi connectivity index (χ1) is 14.1. The molecule has 0 unspecified atom stereocenters. The van der Waals surface area contributed by atoms with Crippen LogP contribution in [0, 0.1) is 0 Å². The van der Waals surface area contributed by atoms with E-state index >= 15 is 0 Å². The standard InChI is InChI=1S/C23H20N2O3S/c1-29-19-12-3-2-11-18(19)24-20(26)13-6-14-25-22(27)16-9-4-7-15-8-5-10-17(21(15)16)23(25)28/h2-5,7-12H,6,13-14H2,1H3,(H,24,26). The highest BCUT2D eigenvalue weighted by molar-refractivity contribution is 7.98. The van der Waals surface area contributed by atoms with Crippen molar-refractivity contribution in [2.75, 3.05) is 18.1 Å². The zero-order valence-corrected chi connectivity index (χ0v) is 16.8. The van der Waals surface area contributed by atoms with Crippen molar-refractivity contribution in [3.8, 4) is 0 Å². The lowest BCUT2D eigenvalue weighted by molar-refractivity contribution is -0.116. The number of thioether (sulfide) groups is 1. The van der Waals surface area contributed by atoms with Crippen LogP contribution in [0.15, 0.2) is 65.6 Å². The predicted octanol–water partition coefficient (Wildman–Crippen LogP) is 4.58. The first-order valence-electron chi connectivity index (χ1n) is 9.41. The summed E-state index contributed by atoms with van der Waals surface area (Å²) >= 11 is 1.56. The van der Waals surface area contributed by atoms with Gasteiger partial charge in [0.15, 0.2) is 0 Å². The van der Waals surface area contributed by atoms with Crippen LogP contribution in [-0.2, 0) is 4.79 Å². The maximum absolute atomic E-state index is 12.9. The highest BCUT2D eigenvalue weighted by Gasteiger charge is 2.32. The van der Waals surface area contributed by atoms with Crippen LogP contribution in [0.4, 0.5) is 5.69 Å². The lowest BCUT2D eigenvalue weighted by atomic mass is 9.94. The smallest absolute Gasteiger partial charge is 0.261 e. The van der Waals surface area contributed by atoms with Crippen LogP contribution >= 0.6 is 11.8 Å². The normalized spacial score (nSPS) is 13.1. The fraction of sp³-hybridized carbons (Fsp3) is 0.174. The van der Waals surface area contributed by atoms with E-state index in [4.69, 9.17) is 0 Å². The summed E-state index contributed by atoms with van der Waals surface area (Å²) in [4.78, 5) is 40.3. The van der Waals surface area contributed by atoms with Crippen LogP contribution in [0.1, 0.15) is 33.6 Å². The number of carbonyl (C=O) groups excluding carboxylic acids is 3. The van der Waals surface area contributed by atoms with Gasteiger partial charge >= 0.3 is 0 Å². The SMILES string of the molecule is CSc1ccccc1NC(=O)CCCN1C(=O)c2cccc3cccc(c23)C1=O. The Balaban J connectivity index is 1.44. The minimum atomic E-state index is -0.299. The van der Waals surface area contributed by atoms with E-state index in [9.17, 15) is 14.4 Å². The Kier molecular flexibility index (Phi) is 5.36. The zero-order chi connectivity index (χ0) is 20.4. The van der Waals surface area contributed by atoms with Gasteiger partial charge in [0.25, 0.3) is 11.8 Å². The molecule has 6 heteroatoms. The third kappa shape index (κ3) is 3.63. The van der Waals surface area contributed by atoms with Gasteiger partial charge in [0.1, 0.15) is 0 Å². The minimum Gasteiger partial charge on any atom is -0.325 e. The first kappa shape index (κ1) is 19.2. The number of anilines is 1. The number of hydrogen-bond acceptors (Lipinski definition) is 4. The second kappa shape index (κ2) is 8.09. The van der Waals surface area contributed by atoms with Crippen molar-refractivity contribution >= 4 is 45.9 Å². The molecule has 0 bridgehead atoms. The Morgan fingerprint density at radius 3 is 2.24 bits per heavy atom.